The molecule has 2 N–H and O–H groups in total. The topological polar surface area (TPSA) is 67.4 Å². The van der Waals surface area contributed by atoms with Gasteiger partial charge < -0.3 is 15.4 Å². The van der Waals surface area contributed by atoms with Crippen molar-refractivity contribution in [2.45, 2.75) is 39.2 Å². The fourth-order valence-electron chi connectivity index (χ4n) is 2.68. The maximum Gasteiger partial charge on any atom is 0.337 e. The fourth-order valence-corrected chi connectivity index (χ4v) is 2.68. The van der Waals surface area contributed by atoms with Crippen LogP contribution in [0.25, 0.3) is 0 Å². The van der Waals surface area contributed by atoms with Gasteiger partial charge in [-0.15, -0.1) is 0 Å². The summed E-state index contributed by atoms with van der Waals surface area (Å²) in [5.74, 6) is -0.0857. The normalized spacial score (nSPS) is 26.7. The van der Waals surface area contributed by atoms with Crippen LogP contribution in [-0.2, 0) is 9.53 Å². The van der Waals surface area contributed by atoms with Gasteiger partial charge in [-0.2, -0.15) is 0 Å². The molecule has 19 heavy (non-hydrogen) atoms. The summed E-state index contributed by atoms with van der Waals surface area (Å²) in [6.07, 6.45) is 7.08. The predicted octanol–water partition coefficient (Wildman–Crippen LogP) is 1.86. The highest BCUT2D eigenvalue weighted by Crippen LogP contribution is 2.28. The molecule has 2 aliphatic rings. The summed E-state index contributed by atoms with van der Waals surface area (Å²) in [6.45, 7) is 3.86. The molecule has 0 saturated carbocycles. The lowest BCUT2D eigenvalue weighted by Crippen LogP contribution is -2.53. The summed E-state index contributed by atoms with van der Waals surface area (Å²) in [4.78, 5) is 23.7. The molecule has 1 heterocycles. The van der Waals surface area contributed by atoms with Crippen molar-refractivity contribution >= 4 is 12.0 Å². The van der Waals surface area contributed by atoms with E-state index in [0.717, 1.165) is 19.3 Å². The highest BCUT2D eigenvalue weighted by molar-refractivity contribution is 5.94. The third-order valence-corrected chi connectivity index (χ3v) is 3.58. The third-order valence-electron chi connectivity index (χ3n) is 3.58. The van der Waals surface area contributed by atoms with Crippen molar-refractivity contribution in [1.29, 1.82) is 0 Å². The molecule has 2 atom stereocenters. The standard InChI is InChI=1S/C14H20N2O3/c1-3-19-13(17)11-9(2)15-14(18)16-12(11)10-7-5-4-6-8-10/h4-5,10,12H,3,6-8H2,1-2H3,(H2,15,16,18)/t10-,12-/m0/s1. The average Bonchev–Trinajstić information content (AvgIpc) is 2.39. The first-order valence-corrected chi connectivity index (χ1v) is 6.74. The van der Waals surface area contributed by atoms with E-state index in [-0.39, 0.29) is 24.0 Å². The second-order valence-electron chi connectivity index (χ2n) is 4.88. The number of allylic oxidation sites excluding steroid dienone is 3. The second-order valence-corrected chi connectivity index (χ2v) is 4.88. The van der Waals surface area contributed by atoms with Crippen molar-refractivity contribution in [1.82, 2.24) is 10.6 Å². The number of hydrogen-bond donors (Lipinski definition) is 2. The Labute approximate surface area is 113 Å². The van der Waals surface area contributed by atoms with Crippen LogP contribution in [0.5, 0.6) is 0 Å². The van der Waals surface area contributed by atoms with Crippen molar-refractivity contribution < 1.29 is 14.3 Å². The van der Waals surface area contributed by atoms with Crippen molar-refractivity contribution in [3.05, 3.63) is 23.4 Å². The molecule has 0 unspecified atom stereocenters. The molecule has 0 aromatic heterocycles. The molecule has 0 aromatic carbocycles. The van der Waals surface area contributed by atoms with Crippen LogP contribution in [0, 0.1) is 5.92 Å². The Kier molecular flexibility index (Phi) is 4.24. The quantitative estimate of drug-likeness (QED) is 0.604. The van der Waals surface area contributed by atoms with Gasteiger partial charge in [0.2, 0.25) is 0 Å². The Morgan fingerprint density at radius 2 is 2.26 bits per heavy atom. The molecule has 0 spiro atoms. The van der Waals surface area contributed by atoms with Crippen LogP contribution in [0.1, 0.15) is 33.1 Å². The zero-order chi connectivity index (χ0) is 13.8. The number of urea groups is 1. The van der Waals surface area contributed by atoms with E-state index in [1.165, 1.54) is 0 Å². The SMILES string of the molecule is CCOC(=O)C1=C(C)NC(=O)N[C@H]1[C@H]1CC=CCC1. The zero-order valence-electron chi connectivity index (χ0n) is 11.4. The van der Waals surface area contributed by atoms with Gasteiger partial charge in [-0.1, -0.05) is 12.2 Å². The summed E-state index contributed by atoms with van der Waals surface area (Å²) in [5, 5.41) is 5.51. The van der Waals surface area contributed by atoms with E-state index < -0.39 is 0 Å². The van der Waals surface area contributed by atoms with Gasteiger partial charge in [-0.05, 0) is 39.0 Å². The Bertz CT molecular complexity index is 440. The van der Waals surface area contributed by atoms with Gasteiger partial charge in [0.1, 0.15) is 0 Å². The molecule has 2 amide bonds. The largest absolute Gasteiger partial charge is 0.463 e. The lowest BCUT2D eigenvalue weighted by molar-refractivity contribution is -0.139. The first-order valence-electron chi connectivity index (χ1n) is 6.74. The minimum Gasteiger partial charge on any atom is -0.463 e. The van der Waals surface area contributed by atoms with Crippen LogP contribution >= 0.6 is 0 Å². The molecule has 0 radical (unpaired) electrons. The number of nitrogens with one attached hydrogen (secondary N) is 2. The molecule has 0 saturated heterocycles. The third kappa shape index (κ3) is 2.97. The molecule has 1 aliphatic carbocycles. The number of amides is 2. The first-order chi connectivity index (χ1) is 9.13. The molecule has 0 fully saturated rings. The van der Waals surface area contributed by atoms with Gasteiger partial charge in [0.05, 0.1) is 18.2 Å². The first kappa shape index (κ1) is 13.6. The molecule has 1 aliphatic heterocycles. The van der Waals surface area contributed by atoms with Crippen LogP contribution in [0.15, 0.2) is 23.4 Å². The maximum absolute atomic E-state index is 12.1. The van der Waals surface area contributed by atoms with Gasteiger partial charge in [0.15, 0.2) is 0 Å². The predicted molar refractivity (Wildman–Crippen MR) is 71.3 cm³/mol. The minimum absolute atomic E-state index is 0.245. The maximum atomic E-state index is 12.1. The van der Waals surface area contributed by atoms with E-state index in [2.05, 4.69) is 22.8 Å². The van der Waals surface area contributed by atoms with E-state index in [1.54, 1.807) is 13.8 Å². The van der Waals surface area contributed by atoms with E-state index in [4.69, 9.17) is 4.74 Å². The molecule has 2 rings (SSSR count). The van der Waals surface area contributed by atoms with Crippen LogP contribution in [0.3, 0.4) is 0 Å². The lowest BCUT2D eigenvalue weighted by atomic mass is 9.82. The second kappa shape index (κ2) is 5.91. The van der Waals surface area contributed by atoms with Crippen LogP contribution in [0.4, 0.5) is 4.79 Å². The Balaban J connectivity index is 2.26. The smallest absolute Gasteiger partial charge is 0.337 e. The number of carbonyl (C=O) groups is 2. The molecule has 5 heteroatoms. The summed E-state index contributed by atoms with van der Waals surface area (Å²) in [6, 6.07) is -0.497. The molecule has 5 nitrogen and oxygen atoms in total. The van der Waals surface area contributed by atoms with E-state index >= 15 is 0 Å². The van der Waals surface area contributed by atoms with Gasteiger partial charge >= 0.3 is 12.0 Å². The van der Waals surface area contributed by atoms with Crippen LogP contribution < -0.4 is 10.6 Å². The average molecular weight is 264 g/mol. The van der Waals surface area contributed by atoms with Crippen LogP contribution in [0.2, 0.25) is 0 Å². The Hall–Kier alpha value is -1.78. The van der Waals surface area contributed by atoms with Gasteiger partial charge in [-0.3, -0.25) is 0 Å². The van der Waals surface area contributed by atoms with Gasteiger partial charge in [0.25, 0.3) is 0 Å². The highest BCUT2D eigenvalue weighted by atomic mass is 16.5. The molecular weight excluding hydrogens is 244 g/mol. The number of hydrogen-bond acceptors (Lipinski definition) is 3. The number of rotatable bonds is 3. The molecular formula is C14H20N2O3. The van der Waals surface area contributed by atoms with Crippen molar-refractivity contribution in [2.24, 2.45) is 5.92 Å². The fraction of sp³-hybridized carbons (Fsp3) is 0.571. The number of ether oxygens (including phenoxy) is 1. The summed E-state index contributed by atoms with van der Waals surface area (Å²) in [7, 11) is 0. The molecule has 0 aromatic rings. The van der Waals surface area contributed by atoms with Gasteiger partial charge in [-0.25, -0.2) is 9.59 Å². The monoisotopic (exact) mass is 264 g/mol. The van der Waals surface area contributed by atoms with E-state index in [0.29, 0.717) is 17.9 Å². The number of esters is 1. The minimum atomic E-state index is -0.341. The van der Waals surface area contributed by atoms with E-state index in [9.17, 15) is 9.59 Å². The van der Waals surface area contributed by atoms with Gasteiger partial charge in [0, 0.05) is 5.70 Å². The van der Waals surface area contributed by atoms with Crippen molar-refractivity contribution in [2.75, 3.05) is 6.61 Å². The lowest BCUT2D eigenvalue weighted by Gasteiger charge is -2.34. The summed E-state index contributed by atoms with van der Waals surface area (Å²) < 4.78 is 5.10. The van der Waals surface area contributed by atoms with E-state index in [1.807, 2.05) is 0 Å². The summed E-state index contributed by atoms with van der Waals surface area (Å²) in [5.41, 5.74) is 1.16. The Morgan fingerprint density at radius 1 is 1.47 bits per heavy atom. The van der Waals surface area contributed by atoms with Crippen molar-refractivity contribution in [3.8, 4) is 0 Å². The Morgan fingerprint density at radius 3 is 2.89 bits per heavy atom. The molecule has 0 bridgehead atoms. The summed E-state index contributed by atoms with van der Waals surface area (Å²) >= 11 is 0. The zero-order valence-corrected chi connectivity index (χ0v) is 11.4. The molecule has 104 valence electrons. The highest BCUT2D eigenvalue weighted by Gasteiger charge is 2.35. The van der Waals surface area contributed by atoms with Crippen molar-refractivity contribution in [3.63, 3.8) is 0 Å². The number of carbonyl (C=O) groups excluding carboxylic acids is 2. The van der Waals surface area contributed by atoms with Crippen LogP contribution in [-0.4, -0.2) is 24.6 Å².